The molecular formula is C10H12ClNO5S. The zero-order valence-corrected chi connectivity index (χ0v) is 11.3. The smallest absolute Gasteiger partial charge is 0.318 e. The summed E-state index contributed by atoms with van der Waals surface area (Å²) in [7, 11) is -1.28. The molecule has 0 radical (unpaired) electrons. The third-order valence-electron chi connectivity index (χ3n) is 2.19. The first-order valence-electron chi connectivity index (χ1n) is 4.80. The molecule has 0 amide bonds. The van der Waals surface area contributed by atoms with Crippen molar-refractivity contribution >= 4 is 27.6 Å². The first-order chi connectivity index (χ1) is 8.28. The maximum Gasteiger partial charge on any atom is 0.318 e. The highest BCUT2D eigenvalue weighted by Gasteiger charge is 2.23. The van der Waals surface area contributed by atoms with Crippen LogP contribution in [0.3, 0.4) is 0 Å². The number of nitrogens with zero attached hydrogens (tertiary/aromatic N) is 1. The average Bonchev–Trinajstić information content (AvgIpc) is 2.27. The van der Waals surface area contributed by atoms with E-state index in [2.05, 4.69) is 0 Å². The maximum absolute atomic E-state index is 12.0. The van der Waals surface area contributed by atoms with Crippen LogP contribution in [0, 0.1) is 0 Å². The van der Waals surface area contributed by atoms with Crippen molar-refractivity contribution in [2.75, 3.05) is 20.7 Å². The van der Waals surface area contributed by atoms with Crippen molar-refractivity contribution in [2.45, 2.75) is 4.90 Å². The topological polar surface area (TPSA) is 83.9 Å². The summed E-state index contributed by atoms with van der Waals surface area (Å²) in [6.45, 7) is -0.619. The number of ether oxygens (including phenoxy) is 1. The number of sulfonamides is 1. The van der Waals surface area contributed by atoms with Crippen molar-refractivity contribution in [3.05, 3.63) is 23.2 Å². The molecule has 1 rings (SSSR count). The Morgan fingerprint density at radius 3 is 2.56 bits per heavy atom. The van der Waals surface area contributed by atoms with Gasteiger partial charge in [0.1, 0.15) is 12.3 Å². The lowest BCUT2D eigenvalue weighted by atomic mass is 10.3. The second-order valence-corrected chi connectivity index (χ2v) is 5.90. The molecule has 18 heavy (non-hydrogen) atoms. The van der Waals surface area contributed by atoms with Crippen molar-refractivity contribution in [1.82, 2.24) is 4.31 Å². The van der Waals surface area contributed by atoms with Crippen LogP contribution in [0.15, 0.2) is 23.1 Å². The van der Waals surface area contributed by atoms with Gasteiger partial charge in [0.25, 0.3) is 0 Å². The van der Waals surface area contributed by atoms with Crippen molar-refractivity contribution in [2.24, 2.45) is 0 Å². The van der Waals surface area contributed by atoms with Gasteiger partial charge in [-0.25, -0.2) is 8.42 Å². The Kier molecular flexibility index (Phi) is 4.55. The predicted molar refractivity (Wildman–Crippen MR) is 65.5 cm³/mol. The fourth-order valence-corrected chi connectivity index (χ4v) is 2.73. The molecule has 0 atom stereocenters. The van der Waals surface area contributed by atoms with Gasteiger partial charge in [0, 0.05) is 7.05 Å². The Morgan fingerprint density at radius 1 is 1.50 bits per heavy atom. The minimum absolute atomic E-state index is 0.0861. The number of hydrogen-bond acceptors (Lipinski definition) is 4. The molecule has 1 N–H and O–H groups in total. The molecular weight excluding hydrogens is 282 g/mol. The number of aliphatic carboxylic acids is 1. The Bertz CT molecular complexity index is 557. The maximum atomic E-state index is 12.0. The highest BCUT2D eigenvalue weighted by atomic mass is 35.5. The minimum atomic E-state index is -3.87. The van der Waals surface area contributed by atoms with E-state index < -0.39 is 22.5 Å². The van der Waals surface area contributed by atoms with Crippen LogP contribution in [0.4, 0.5) is 0 Å². The summed E-state index contributed by atoms with van der Waals surface area (Å²) >= 11 is 5.82. The number of carboxylic acids is 1. The molecule has 0 bridgehead atoms. The molecule has 0 spiro atoms. The second-order valence-electron chi connectivity index (χ2n) is 3.45. The fraction of sp³-hybridized carbons (Fsp3) is 0.300. The summed E-state index contributed by atoms with van der Waals surface area (Å²) < 4.78 is 29.6. The van der Waals surface area contributed by atoms with Gasteiger partial charge in [-0.15, -0.1) is 0 Å². The number of benzene rings is 1. The van der Waals surface area contributed by atoms with Gasteiger partial charge in [-0.1, -0.05) is 11.6 Å². The molecule has 8 heteroatoms. The lowest BCUT2D eigenvalue weighted by Gasteiger charge is -2.15. The summed E-state index contributed by atoms with van der Waals surface area (Å²) in [6, 6.07) is 3.93. The SMILES string of the molecule is COc1ccc(S(=O)(=O)N(C)CC(=O)O)cc1Cl. The highest BCUT2D eigenvalue weighted by molar-refractivity contribution is 7.89. The normalized spacial score (nSPS) is 11.6. The molecule has 0 heterocycles. The van der Waals surface area contributed by atoms with Gasteiger partial charge in [0.15, 0.2) is 0 Å². The van der Waals surface area contributed by atoms with Gasteiger partial charge >= 0.3 is 5.97 Å². The third kappa shape index (κ3) is 3.12. The number of methoxy groups -OCH3 is 1. The highest BCUT2D eigenvalue weighted by Crippen LogP contribution is 2.27. The lowest BCUT2D eigenvalue weighted by Crippen LogP contribution is -2.32. The van der Waals surface area contributed by atoms with E-state index in [-0.39, 0.29) is 9.92 Å². The number of carbonyl (C=O) groups is 1. The number of hydrogen-bond donors (Lipinski definition) is 1. The van der Waals surface area contributed by atoms with E-state index in [1.165, 1.54) is 32.4 Å². The van der Waals surface area contributed by atoms with Crippen LogP contribution in [0.1, 0.15) is 0 Å². The molecule has 0 saturated heterocycles. The molecule has 0 aromatic heterocycles. The van der Waals surface area contributed by atoms with Crippen LogP contribution in [0.25, 0.3) is 0 Å². The van der Waals surface area contributed by atoms with E-state index >= 15 is 0 Å². The van der Waals surface area contributed by atoms with Crippen molar-refractivity contribution < 1.29 is 23.1 Å². The summed E-state index contributed by atoms with van der Waals surface area (Å²) in [5.74, 6) is -0.891. The van der Waals surface area contributed by atoms with Crippen LogP contribution in [0.2, 0.25) is 5.02 Å². The van der Waals surface area contributed by atoms with E-state index in [1.807, 2.05) is 0 Å². The molecule has 0 unspecified atom stereocenters. The summed E-state index contributed by atoms with van der Waals surface area (Å²) in [5, 5.41) is 8.72. The Hall–Kier alpha value is -1.31. The molecule has 0 fully saturated rings. The zero-order valence-electron chi connectivity index (χ0n) is 9.75. The first-order valence-corrected chi connectivity index (χ1v) is 6.62. The monoisotopic (exact) mass is 293 g/mol. The van der Waals surface area contributed by atoms with Gasteiger partial charge in [-0.2, -0.15) is 4.31 Å². The van der Waals surface area contributed by atoms with Crippen LogP contribution in [0.5, 0.6) is 5.75 Å². The number of likely N-dealkylation sites (N-methyl/N-ethyl adjacent to an activating group) is 1. The van der Waals surface area contributed by atoms with E-state index in [1.54, 1.807) is 0 Å². The molecule has 100 valence electrons. The van der Waals surface area contributed by atoms with E-state index in [0.29, 0.717) is 5.75 Å². The van der Waals surface area contributed by atoms with Gasteiger partial charge in [-0.05, 0) is 18.2 Å². The van der Waals surface area contributed by atoms with Crippen molar-refractivity contribution in [3.8, 4) is 5.75 Å². The Morgan fingerprint density at radius 2 is 2.11 bits per heavy atom. The second kappa shape index (κ2) is 5.55. The fourth-order valence-electron chi connectivity index (χ4n) is 1.26. The molecule has 0 saturated carbocycles. The Labute approximate surface area is 110 Å². The largest absolute Gasteiger partial charge is 0.495 e. The number of rotatable bonds is 5. The summed E-state index contributed by atoms with van der Waals surface area (Å²) in [6.07, 6.45) is 0. The van der Waals surface area contributed by atoms with Gasteiger partial charge in [-0.3, -0.25) is 4.79 Å². The first kappa shape index (κ1) is 14.7. The molecule has 1 aromatic carbocycles. The van der Waals surface area contributed by atoms with Crippen LogP contribution in [-0.4, -0.2) is 44.5 Å². The molecule has 0 aliphatic carbocycles. The number of halogens is 1. The quantitative estimate of drug-likeness (QED) is 0.877. The molecule has 0 aliphatic heterocycles. The van der Waals surface area contributed by atoms with Gasteiger partial charge < -0.3 is 9.84 Å². The Balaban J connectivity index is 3.13. The van der Waals surface area contributed by atoms with Crippen LogP contribution in [-0.2, 0) is 14.8 Å². The molecule has 1 aromatic rings. The lowest BCUT2D eigenvalue weighted by molar-refractivity contribution is -0.137. The standard InChI is InChI=1S/C10H12ClNO5S/c1-12(6-10(13)14)18(15,16)7-3-4-9(17-2)8(11)5-7/h3-5H,6H2,1-2H3,(H,13,14). The van der Waals surface area contributed by atoms with Crippen molar-refractivity contribution in [1.29, 1.82) is 0 Å². The zero-order chi connectivity index (χ0) is 13.9. The van der Waals surface area contributed by atoms with E-state index in [0.717, 1.165) is 4.31 Å². The average molecular weight is 294 g/mol. The molecule has 6 nitrogen and oxygen atoms in total. The van der Waals surface area contributed by atoms with E-state index in [4.69, 9.17) is 21.4 Å². The van der Waals surface area contributed by atoms with E-state index in [9.17, 15) is 13.2 Å². The van der Waals surface area contributed by atoms with Gasteiger partial charge in [0.2, 0.25) is 10.0 Å². The number of carboxylic acid groups (broad SMARTS) is 1. The third-order valence-corrected chi connectivity index (χ3v) is 4.28. The van der Waals surface area contributed by atoms with Crippen LogP contribution >= 0.6 is 11.6 Å². The summed E-state index contributed by atoms with van der Waals surface area (Å²) in [5.41, 5.74) is 0. The van der Waals surface area contributed by atoms with Crippen molar-refractivity contribution in [3.63, 3.8) is 0 Å². The predicted octanol–water partition coefficient (Wildman–Crippen LogP) is 1.05. The minimum Gasteiger partial charge on any atom is -0.495 e. The van der Waals surface area contributed by atoms with Gasteiger partial charge in [0.05, 0.1) is 17.0 Å². The summed E-state index contributed by atoms with van der Waals surface area (Å²) in [4.78, 5) is 10.4. The molecule has 0 aliphatic rings. The van der Waals surface area contributed by atoms with Crippen LogP contribution < -0.4 is 4.74 Å².